The Morgan fingerprint density at radius 1 is 1.00 bits per heavy atom. The molecule has 0 spiro atoms. The summed E-state index contributed by atoms with van der Waals surface area (Å²) in [4.78, 5) is 26.6. The lowest BCUT2D eigenvalue weighted by atomic mass is 9.99. The molecule has 0 bridgehead atoms. The van der Waals surface area contributed by atoms with Crippen molar-refractivity contribution in [2.45, 2.75) is 38.9 Å². The first kappa shape index (κ1) is 25.8. The summed E-state index contributed by atoms with van der Waals surface area (Å²) in [5, 5.41) is 0. The molecule has 0 saturated carbocycles. The van der Waals surface area contributed by atoms with Crippen LogP contribution in [0.5, 0.6) is 17.4 Å². The van der Waals surface area contributed by atoms with Gasteiger partial charge in [-0.15, -0.1) is 0 Å². The highest BCUT2D eigenvalue weighted by Crippen LogP contribution is 2.34. The second-order valence-electron chi connectivity index (χ2n) is 9.76. The Bertz CT molecular complexity index is 1310. The number of fused-ring (bicyclic) bond motifs is 1. The quantitative estimate of drug-likeness (QED) is 0.423. The predicted octanol–water partition coefficient (Wildman–Crippen LogP) is 5.73. The minimum atomic E-state index is -4.46. The lowest BCUT2D eigenvalue weighted by Crippen LogP contribution is -2.38. The maximum Gasteiger partial charge on any atom is 0.416 e. The highest BCUT2D eigenvalue weighted by atomic mass is 19.4. The van der Waals surface area contributed by atoms with E-state index in [0.29, 0.717) is 47.8 Å². The zero-order valence-corrected chi connectivity index (χ0v) is 21.3. The molecular formula is C28H29F3N4O3. The van der Waals surface area contributed by atoms with Crippen molar-refractivity contribution in [1.29, 1.82) is 0 Å². The minimum Gasteiger partial charge on any atom is -0.497 e. The molecule has 200 valence electrons. The number of amides is 1. The van der Waals surface area contributed by atoms with Crippen molar-refractivity contribution in [3.63, 3.8) is 0 Å². The van der Waals surface area contributed by atoms with Gasteiger partial charge in [0.2, 0.25) is 11.8 Å². The summed E-state index contributed by atoms with van der Waals surface area (Å²) in [5.74, 6) is 2.44. The van der Waals surface area contributed by atoms with Gasteiger partial charge in [0, 0.05) is 37.7 Å². The summed E-state index contributed by atoms with van der Waals surface area (Å²) in [6.07, 6.45) is -1.86. The maximum atomic E-state index is 13.2. The Labute approximate surface area is 219 Å². The number of hydrogen-bond acceptors (Lipinski definition) is 6. The van der Waals surface area contributed by atoms with Crippen molar-refractivity contribution < 1.29 is 27.4 Å². The summed E-state index contributed by atoms with van der Waals surface area (Å²) in [5.41, 5.74) is 0.896. The van der Waals surface area contributed by atoms with Crippen molar-refractivity contribution in [1.82, 2.24) is 14.9 Å². The van der Waals surface area contributed by atoms with E-state index >= 15 is 0 Å². The monoisotopic (exact) mass is 526 g/mol. The first-order valence-corrected chi connectivity index (χ1v) is 12.6. The number of halogens is 3. The third-order valence-corrected chi connectivity index (χ3v) is 7.08. The lowest BCUT2D eigenvalue weighted by Gasteiger charge is -2.33. The molecule has 3 heterocycles. The smallest absolute Gasteiger partial charge is 0.416 e. The molecule has 5 rings (SSSR count). The van der Waals surface area contributed by atoms with Crippen LogP contribution in [0.1, 0.15) is 46.9 Å². The molecule has 2 aliphatic heterocycles. The first-order valence-electron chi connectivity index (χ1n) is 12.6. The number of carbonyl (C=O) groups is 1. The Hall–Kier alpha value is -3.82. The van der Waals surface area contributed by atoms with Crippen LogP contribution in [0, 0.1) is 5.92 Å². The molecule has 0 N–H and O–H groups in total. The Balaban J connectivity index is 1.44. The Morgan fingerprint density at radius 2 is 1.71 bits per heavy atom. The number of anilines is 1. The SMILES string of the molecule is COc1cccc(Oc2nc(N3CCC(C)CC3)nc3c2CN(C(=O)c2ccc(C(F)(F)F)cc2)CC3)c1. The van der Waals surface area contributed by atoms with Crippen molar-refractivity contribution >= 4 is 11.9 Å². The zero-order chi connectivity index (χ0) is 26.9. The molecule has 3 aromatic rings. The summed E-state index contributed by atoms with van der Waals surface area (Å²) < 4.78 is 50.4. The number of carbonyl (C=O) groups excluding carboxylic acids is 1. The summed E-state index contributed by atoms with van der Waals surface area (Å²) in [7, 11) is 1.58. The number of piperidine rings is 1. The third-order valence-electron chi connectivity index (χ3n) is 7.08. The van der Waals surface area contributed by atoms with Crippen molar-refractivity contribution in [3.05, 3.63) is 70.9 Å². The van der Waals surface area contributed by atoms with E-state index < -0.39 is 11.7 Å². The normalized spacial score (nSPS) is 16.2. The van der Waals surface area contributed by atoms with Gasteiger partial charge in [0.25, 0.3) is 5.91 Å². The van der Waals surface area contributed by atoms with Crippen LogP contribution >= 0.6 is 0 Å². The van der Waals surface area contributed by atoms with Crippen molar-refractivity contribution in [2.24, 2.45) is 5.92 Å². The number of alkyl halides is 3. The molecule has 2 aromatic carbocycles. The summed E-state index contributed by atoms with van der Waals surface area (Å²) >= 11 is 0. The molecule has 10 heteroatoms. The highest BCUT2D eigenvalue weighted by molar-refractivity contribution is 5.94. The molecule has 0 atom stereocenters. The van der Waals surface area contributed by atoms with Gasteiger partial charge in [-0.25, -0.2) is 4.98 Å². The van der Waals surface area contributed by atoms with E-state index in [4.69, 9.17) is 19.4 Å². The van der Waals surface area contributed by atoms with Gasteiger partial charge in [-0.1, -0.05) is 13.0 Å². The lowest BCUT2D eigenvalue weighted by molar-refractivity contribution is -0.137. The van der Waals surface area contributed by atoms with E-state index in [-0.39, 0.29) is 18.0 Å². The Kier molecular flexibility index (Phi) is 7.14. The van der Waals surface area contributed by atoms with Crippen LogP contribution in [-0.2, 0) is 19.1 Å². The van der Waals surface area contributed by atoms with E-state index in [1.165, 1.54) is 12.1 Å². The minimum absolute atomic E-state index is 0.186. The third kappa shape index (κ3) is 5.54. The fourth-order valence-electron chi connectivity index (χ4n) is 4.74. The van der Waals surface area contributed by atoms with Gasteiger partial charge in [0.15, 0.2) is 0 Å². The van der Waals surface area contributed by atoms with E-state index in [0.717, 1.165) is 43.8 Å². The number of rotatable bonds is 5. The number of methoxy groups -OCH3 is 1. The first-order chi connectivity index (χ1) is 18.2. The fraction of sp³-hybridized carbons (Fsp3) is 0.393. The van der Waals surface area contributed by atoms with Gasteiger partial charge in [0.05, 0.1) is 30.5 Å². The number of benzene rings is 2. The summed E-state index contributed by atoms with van der Waals surface area (Å²) in [6.45, 7) is 4.53. The van der Waals surface area contributed by atoms with Crippen LogP contribution in [0.3, 0.4) is 0 Å². The van der Waals surface area contributed by atoms with Crippen molar-refractivity contribution in [3.8, 4) is 17.4 Å². The molecule has 0 radical (unpaired) electrons. The number of hydrogen-bond donors (Lipinski definition) is 0. The van der Waals surface area contributed by atoms with Crippen LogP contribution in [0.15, 0.2) is 48.5 Å². The van der Waals surface area contributed by atoms with Gasteiger partial charge in [-0.2, -0.15) is 18.2 Å². The van der Waals surface area contributed by atoms with Gasteiger partial charge in [-0.05, 0) is 55.2 Å². The number of ether oxygens (including phenoxy) is 2. The molecule has 2 aliphatic rings. The Morgan fingerprint density at radius 3 is 2.39 bits per heavy atom. The van der Waals surface area contributed by atoms with Crippen molar-refractivity contribution in [2.75, 3.05) is 31.6 Å². The maximum absolute atomic E-state index is 13.2. The van der Waals surface area contributed by atoms with Crippen LogP contribution in [0.4, 0.5) is 19.1 Å². The zero-order valence-electron chi connectivity index (χ0n) is 21.3. The van der Waals surface area contributed by atoms with E-state index in [2.05, 4.69) is 11.8 Å². The van der Waals surface area contributed by atoms with Gasteiger partial charge in [0.1, 0.15) is 11.5 Å². The molecule has 0 unspecified atom stereocenters. The molecule has 1 aromatic heterocycles. The molecule has 1 saturated heterocycles. The molecule has 7 nitrogen and oxygen atoms in total. The standard InChI is InChI=1S/C28H29F3N4O3/c1-18-10-13-34(14-11-18)27-32-24-12-15-35(26(36)19-6-8-20(9-7-19)28(29,30)31)17-23(24)25(33-27)38-22-5-3-4-21(16-22)37-2/h3-9,16,18H,10-15,17H2,1-2H3. The van der Waals surface area contributed by atoms with E-state index in [9.17, 15) is 18.0 Å². The number of nitrogens with zero attached hydrogens (tertiary/aromatic N) is 4. The average Bonchev–Trinajstić information content (AvgIpc) is 2.92. The average molecular weight is 527 g/mol. The second-order valence-corrected chi connectivity index (χ2v) is 9.76. The number of aromatic nitrogens is 2. The van der Waals surface area contributed by atoms with Crippen LogP contribution in [-0.4, -0.2) is 47.5 Å². The molecule has 0 aliphatic carbocycles. The predicted molar refractivity (Wildman–Crippen MR) is 136 cm³/mol. The molecule has 38 heavy (non-hydrogen) atoms. The molecule has 1 fully saturated rings. The fourth-order valence-corrected chi connectivity index (χ4v) is 4.74. The topological polar surface area (TPSA) is 67.8 Å². The molecule has 1 amide bonds. The largest absolute Gasteiger partial charge is 0.497 e. The second kappa shape index (κ2) is 10.5. The highest BCUT2D eigenvalue weighted by Gasteiger charge is 2.32. The summed E-state index contributed by atoms with van der Waals surface area (Å²) in [6, 6.07) is 11.5. The van der Waals surface area contributed by atoms with Gasteiger partial charge < -0.3 is 19.3 Å². The van der Waals surface area contributed by atoms with E-state index in [1.807, 2.05) is 12.1 Å². The van der Waals surface area contributed by atoms with E-state index in [1.54, 1.807) is 24.1 Å². The van der Waals surface area contributed by atoms with Crippen LogP contribution in [0.25, 0.3) is 0 Å². The van der Waals surface area contributed by atoms with Gasteiger partial charge in [-0.3, -0.25) is 4.79 Å². The van der Waals surface area contributed by atoms with Crippen LogP contribution < -0.4 is 14.4 Å². The molecular weight excluding hydrogens is 497 g/mol. The van der Waals surface area contributed by atoms with Gasteiger partial charge >= 0.3 is 6.18 Å². The van der Waals surface area contributed by atoms with Crippen LogP contribution in [0.2, 0.25) is 0 Å².